The normalized spacial score (nSPS) is 8.58. The zero-order valence-corrected chi connectivity index (χ0v) is 10.8. The SMILES string of the molecule is CNc1ccc(Oc2ccccc2)cc1N.NN.O. The van der Waals surface area contributed by atoms with Gasteiger partial charge in [-0.2, -0.15) is 0 Å². The molecule has 0 aliphatic heterocycles. The Morgan fingerprint density at radius 2 is 1.58 bits per heavy atom. The lowest BCUT2D eigenvalue weighted by Gasteiger charge is -2.09. The van der Waals surface area contributed by atoms with Gasteiger partial charge in [-0.3, -0.25) is 11.7 Å². The van der Waals surface area contributed by atoms with Crippen molar-refractivity contribution >= 4 is 11.4 Å². The van der Waals surface area contributed by atoms with E-state index < -0.39 is 0 Å². The molecule has 0 aliphatic rings. The second-order valence-corrected chi connectivity index (χ2v) is 3.41. The van der Waals surface area contributed by atoms with Gasteiger partial charge in [0, 0.05) is 13.1 Å². The molecule has 9 N–H and O–H groups in total. The number of rotatable bonds is 3. The highest BCUT2D eigenvalue weighted by atomic mass is 16.5. The second-order valence-electron chi connectivity index (χ2n) is 3.41. The van der Waals surface area contributed by atoms with Gasteiger partial charge in [-0.15, -0.1) is 0 Å². The minimum atomic E-state index is 0. The van der Waals surface area contributed by atoms with Crippen molar-refractivity contribution in [2.24, 2.45) is 11.7 Å². The number of nitrogen functional groups attached to an aromatic ring is 1. The summed E-state index contributed by atoms with van der Waals surface area (Å²) in [7, 11) is 1.84. The van der Waals surface area contributed by atoms with Gasteiger partial charge < -0.3 is 21.3 Å². The molecule has 0 spiro atoms. The van der Waals surface area contributed by atoms with Crippen LogP contribution in [0.15, 0.2) is 48.5 Å². The van der Waals surface area contributed by atoms with Gasteiger partial charge in [0.25, 0.3) is 0 Å². The molecule has 2 aromatic rings. The van der Waals surface area contributed by atoms with Crippen molar-refractivity contribution in [3.8, 4) is 11.5 Å². The maximum Gasteiger partial charge on any atom is 0.129 e. The van der Waals surface area contributed by atoms with Crippen molar-refractivity contribution < 1.29 is 10.2 Å². The molecule has 104 valence electrons. The van der Waals surface area contributed by atoms with Crippen molar-refractivity contribution in [2.75, 3.05) is 18.1 Å². The summed E-state index contributed by atoms with van der Waals surface area (Å²) in [6.07, 6.45) is 0. The summed E-state index contributed by atoms with van der Waals surface area (Å²) in [6, 6.07) is 15.2. The Labute approximate surface area is 112 Å². The molecule has 6 nitrogen and oxygen atoms in total. The lowest BCUT2D eigenvalue weighted by atomic mass is 10.2. The summed E-state index contributed by atoms with van der Waals surface area (Å²) in [5.41, 5.74) is 7.42. The first kappa shape index (κ1) is 16.7. The van der Waals surface area contributed by atoms with Gasteiger partial charge in [0.05, 0.1) is 11.4 Å². The van der Waals surface area contributed by atoms with Crippen molar-refractivity contribution in [1.82, 2.24) is 0 Å². The maximum atomic E-state index is 5.84. The van der Waals surface area contributed by atoms with E-state index in [1.54, 1.807) is 6.07 Å². The molecule has 0 bridgehead atoms. The molecule has 0 amide bonds. The van der Waals surface area contributed by atoms with Gasteiger partial charge in [-0.25, -0.2) is 0 Å². The lowest BCUT2D eigenvalue weighted by molar-refractivity contribution is 0.483. The number of nitrogens with one attached hydrogen (secondary N) is 1. The summed E-state index contributed by atoms with van der Waals surface area (Å²) in [6.45, 7) is 0. The Morgan fingerprint density at radius 1 is 0.947 bits per heavy atom. The van der Waals surface area contributed by atoms with E-state index in [-0.39, 0.29) is 5.48 Å². The predicted molar refractivity (Wildman–Crippen MR) is 78.9 cm³/mol. The molecule has 0 atom stereocenters. The third kappa shape index (κ3) is 4.84. The number of para-hydroxylation sites is 1. The molecule has 0 saturated heterocycles. The average molecular weight is 264 g/mol. The van der Waals surface area contributed by atoms with E-state index in [1.165, 1.54) is 0 Å². The first-order valence-electron chi connectivity index (χ1n) is 5.43. The fraction of sp³-hybridized carbons (Fsp3) is 0.0769. The van der Waals surface area contributed by atoms with E-state index in [4.69, 9.17) is 10.5 Å². The van der Waals surface area contributed by atoms with Gasteiger partial charge in [0.15, 0.2) is 0 Å². The first-order chi connectivity index (χ1) is 8.79. The van der Waals surface area contributed by atoms with Gasteiger partial charge in [-0.1, -0.05) is 18.2 Å². The molecule has 2 rings (SSSR count). The van der Waals surface area contributed by atoms with Crippen molar-refractivity contribution in [1.29, 1.82) is 0 Å². The van der Waals surface area contributed by atoms with Crippen LogP contribution in [-0.4, -0.2) is 12.5 Å². The monoisotopic (exact) mass is 264 g/mol. The first-order valence-corrected chi connectivity index (χ1v) is 5.43. The fourth-order valence-electron chi connectivity index (χ4n) is 1.46. The maximum absolute atomic E-state index is 5.84. The van der Waals surface area contributed by atoms with Crippen LogP contribution in [0, 0.1) is 0 Å². The molecular weight excluding hydrogens is 244 g/mol. The van der Waals surface area contributed by atoms with Crippen LogP contribution in [0.3, 0.4) is 0 Å². The van der Waals surface area contributed by atoms with Crippen LogP contribution >= 0.6 is 0 Å². The van der Waals surface area contributed by atoms with Crippen LogP contribution in [0.25, 0.3) is 0 Å². The summed E-state index contributed by atoms with van der Waals surface area (Å²) < 4.78 is 5.65. The molecule has 0 fully saturated rings. The van der Waals surface area contributed by atoms with Crippen LogP contribution in [0.2, 0.25) is 0 Å². The quantitative estimate of drug-likeness (QED) is 0.374. The smallest absolute Gasteiger partial charge is 0.129 e. The Hall–Kier alpha value is -2.28. The lowest BCUT2D eigenvalue weighted by Crippen LogP contribution is -2.02. The van der Waals surface area contributed by atoms with E-state index in [0.717, 1.165) is 17.2 Å². The average Bonchev–Trinajstić information content (AvgIpc) is 2.42. The number of hydrogen-bond donors (Lipinski definition) is 4. The van der Waals surface area contributed by atoms with Crippen LogP contribution in [-0.2, 0) is 0 Å². The van der Waals surface area contributed by atoms with E-state index in [1.807, 2.05) is 49.5 Å². The standard InChI is InChI=1S/C13H14N2O.H4N2.H2O/c1-15-13-8-7-11(9-12(13)14)16-10-5-3-2-4-6-10;1-2;/h2-9,15H,14H2,1H3;1-2H2;1H2. The topological polar surface area (TPSA) is 131 Å². The highest BCUT2D eigenvalue weighted by Crippen LogP contribution is 2.27. The highest BCUT2D eigenvalue weighted by Gasteiger charge is 2.00. The number of benzene rings is 2. The largest absolute Gasteiger partial charge is 0.457 e. The molecule has 0 aromatic heterocycles. The van der Waals surface area contributed by atoms with Crippen LogP contribution in [0.5, 0.6) is 11.5 Å². The van der Waals surface area contributed by atoms with Gasteiger partial charge >= 0.3 is 0 Å². The molecule has 0 saturated carbocycles. The fourth-order valence-corrected chi connectivity index (χ4v) is 1.46. The van der Waals surface area contributed by atoms with E-state index in [2.05, 4.69) is 17.0 Å². The van der Waals surface area contributed by atoms with Crippen molar-refractivity contribution in [3.63, 3.8) is 0 Å². The molecule has 0 unspecified atom stereocenters. The molecular formula is C13H20N4O2. The third-order valence-corrected chi connectivity index (χ3v) is 2.27. The van der Waals surface area contributed by atoms with E-state index in [9.17, 15) is 0 Å². The molecule has 6 heteroatoms. The summed E-state index contributed by atoms with van der Waals surface area (Å²) in [4.78, 5) is 0. The second kappa shape index (κ2) is 8.76. The predicted octanol–water partition coefficient (Wildman–Crippen LogP) is 1.10. The Kier molecular flexibility index (Phi) is 7.71. The van der Waals surface area contributed by atoms with E-state index >= 15 is 0 Å². The summed E-state index contributed by atoms with van der Waals surface area (Å²) in [5.74, 6) is 9.54. The number of nitrogens with two attached hydrogens (primary N) is 3. The number of hydrazine groups is 1. The zero-order valence-electron chi connectivity index (χ0n) is 10.8. The van der Waals surface area contributed by atoms with Gasteiger partial charge in [0.1, 0.15) is 11.5 Å². The number of ether oxygens (including phenoxy) is 1. The van der Waals surface area contributed by atoms with Crippen molar-refractivity contribution in [2.45, 2.75) is 0 Å². The minimum absolute atomic E-state index is 0. The molecule has 19 heavy (non-hydrogen) atoms. The zero-order chi connectivity index (χ0) is 13.4. The summed E-state index contributed by atoms with van der Waals surface area (Å²) in [5, 5.41) is 3.01. The Balaban J connectivity index is 0.00000103. The number of anilines is 2. The molecule has 0 heterocycles. The molecule has 0 radical (unpaired) electrons. The van der Waals surface area contributed by atoms with Crippen LogP contribution in [0.4, 0.5) is 11.4 Å². The number of hydrogen-bond acceptors (Lipinski definition) is 5. The van der Waals surface area contributed by atoms with Crippen LogP contribution < -0.4 is 27.5 Å². The minimum Gasteiger partial charge on any atom is -0.457 e. The van der Waals surface area contributed by atoms with Crippen molar-refractivity contribution in [3.05, 3.63) is 48.5 Å². The van der Waals surface area contributed by atoms with Gasteiger partial charge in [-0.05, 0) is 24.3 Å². The highest BCUT2D eigenvalue weighted by molar-refractivity contribution is 5.67. The van der Waals surface area contributed by atoms with Crippen LogP contribution in [0.1, 0.15) is 0 Å². The molecule has 2 aromatic carbocycles. The summed E-state index contributed by atoms with van der Waals surface area (Å²) >= 11 is 0. The Morgan fingerprint density at radius 3 is 2.11 bits per heavy atom. The van der Waals surface area contributed by atoms with E-state index in [0.29, 0.717) is 5.69 Å². The van der Waals surface area contributed by atoms with Gasteiger partial charge in [0.2, 0.25) is 0 Å². The third-order valence-electron chi connectivity index (χ3n) is 2.27. The Bertz CT molecular complexity index is 477. The molecule has 0 aliphatic carbocycles.